The number of fused-ring (bicyclic) bond motifs is 1. The molecule has 4 heteroatoms. The fourth-order valence-corrected chi connectivity index (χ4v) is 3.17. The highest BCUT2D eigenvalue weighted by atomic mass is 35.5. The molecule has 18 heavy (non-hydrogen) atoms. The first-order valence-electron chi connectivity index (χ1n) is 6.44. The minimum absolute atomic E-state index is 0.119. The van der Waals surface area contributed by atoms with Crippen LogP contribution in [0.1, 0.15) is 22.3 Å². The van der Waals surface area contributed by atoms with E-state index in [4.69, 9.17) is 11.6 Å². The maximum Gasteiger partial charge on any atom is 0.254 e. The highest BCUT2D eigenvalue weighted by Crippen LogP contribution is 2.29. The summed E-state index contributed by atoms with van der Waals surface area (Å²) in [6, 6.07) is 5.95. The summed E-state index contributed by atoms with van der Waals surface area (Å²) in [5.41, 5.74) is 1.72. The number of carbonyl (C=O) groups is 1. The molecule has 3 nitrogen and oxygen atoms in total. The van der Waals surface area contributed by atoms with Crippen LogP contribution in [-0.2, 0) is 0 Å². The Bertz CT molecular complexity index is 489. The van der Waals surface area contributed by atoms with E-state index < -0.39 is 0 Å². The number of likely N-dealkylation sites (tertiary alicyclic amines) is 1. The van der Waals surface area contributed by atoms with E-state index in [1.54, 1.807) is 6.07 Å². The molecule has 0 spiro atoms. The predicted molar refractivity (Wildman–Crippen MR) is 72.0 cm³/mol. The van der Waals surface area contributed by atoms with Crippen LogP contribution in [0.3, 0.4) is 0 Å². The Hall–Kier alpha value is -1.06. The molecule has 1 amide bonds. The Kier molecular flexibility index (Phi) is 3.04. The van der Waals surface area contributed by atoms with Gasteiger partial charge in [-0.1, -0.05) is 17.7 Å². The first-order valence-corrected chi connectivity index (χ1v) is 6.82. The van der Waals surface area contributed by atoms with Crippen molar-refractivity contribution in [2.24, 2.45) is 5.92 Å². The molecule has 1 aromatic carbocycles. The van der Waals surface area contributed by atoms with Gasteiger partial charge in [0.1, 0.15) is 0 Å². The van der Waals surface area contributed by atoms with Crippen LogP contribution >= 0.6 is 11.6 Å². The van der Waals surface area contributed by atoms with Crippen molar-refractivity contribution in [3.05, 3.63) is 34.3 Å². The number of rotatable bonds is 1. The van der Waals surface area contributed by atoms with Gasteiger partial charge in [0.25, 0.3) is 5.91 Å². The summed E-state index contributed by atoms with van der Waals surface area (Å²) >= 11 is 6.09. The summed E-state index contributed by atoms with van der Waals surface area (Å²) in [7, 11) is 0. The van der Waals surface area contributed by atoms with Gasteiger partial charge >= 0.3 is 0 Å². The predicted octanol–water partition coefficient (Wildman–Crippen LogP) is 2.08. The zero-order chi connectivity index (χ0) is 12.7. The van der Waals surface area contributed by atoms with Crippen LogP contribution in [0, 0.1) is 12.8 Å². The van der Waals surface area contributed by atoms with E-state index in [9.17, 15) is 4.79 Å². The number of hydrogen-bond donors (Lipinski definition) is 1. The molecule has 96 valence electrons. The van der Waals surface area contributed by atoms with E-state index in [0.717, 1.165) is 31.6 Å². The zero-order valence-corrected chi connectivity index (χ0v) is 11.2. The van der Waals surface area contributed by atoms with E-state index in [1.807, 2.05) is 24.0 Å². The summed E-state index contributed by atoms with van der Waals surface area (Å²) in [5, 5.41) is 4.03. The summed E-state index contributed by atoms with van der Waals surface area (Å²) in [6.45, 7) is 4.80. The molecule has 0 unspecified atom stereocenters. The SMILES string of the molecule is Cc1ccc(C(=O)N2CC[C@H]3CNC[C@H]32)cc1Cl. The van der Waals surface area contributed by atoms with Gasteiger partial charge < -0.3 is 10.2 Å². The molecule has 2 fully saturated rings. The van der Waals surface area contributed by atoms with E-state index >= 15 is 0 Å². The molecule has 0 aliphatic carbocycles. The third-order valence-electron chi connectivity index (χ3n) is 4.12. The van der Waals surface area contributed by atoms with Crippen molar-refractivity contribution < 1.29 is 4.79 Å². The second-order valence-corrected chi connectivity index (χ2v) is 5.64. The van der Waals surface area contributed by atoms with Crippen LogP contribution in [0.25, 0.3) is 0 Å². The molecule has 2 aliphatic heterocycles. The molecular formula is C14H17ClN2O. The minimum Gasteiger partial charge on any atom is -0.334 e. The number of nitrogens with one attached hydrogen (secondary N) is 1. The molecule has 2 heterocycles. The van der Waals surface area contributed by atoms with E-state index in [2.05, 4.69) is 5.32 Å². The van der Waals surface area contributed by atoms with Crippen molar-refractivity contribution >= 4 is 17.5 Å². The Morgan fingerprint density at radius 2 is 2.28 bits per heavy atom. The average molecular weight is 265 g/mol. The van der Waals surface area contributed by atoms with Crippen molar-refractivity contribution in [3.8, 4) is 0 Å². The number of carbonyl (C=O) groups excluding carboxylic acids is 1. The van der Waals surface area contributed by atoms with Crippen LogP contribution in [0.4, 0.5) is 0 Å². The molecule has 1 N–H and O–H groups in total. The van der Waals surface area contributed by atoms with Crippen molar-refractivity contribution in [2.75, 3.05) is 19.6 Å². The van der Waals surface area contributed by atoms with Crippen LogP contribution < -0.4 is 5.32 Å². The lowest BCUT2D eigenvalue weighted by Gasteiger charge is -2.23. The number of aryl methyl sites for hydroxylation is 1. The van der Waals surface area contributed by atoms with Crippen LogP contribution in [-0.4, -0.2) is 36.5 Å². The maximum absolute atomic E-state index is 12.5. The first-order chi connectivity index (χ1) is 8.66. The highest BCUT2D eigenvalue weighted by Gasteiger charge is 2.40. The summed E-state index contributed by atoms with van der Waals surface area (Å²) < 4.78 is 0. The van der Waals surface area contributed by atoms with Gasteiger partial charge in [-0.3, -0.25) is 4.79 Å². The average Bonchev–Trinajstić information content (AvgIpc) is 2.93. The van der Waals surface area contributed by atoms with Gasteiger partial charge in [-0.25, -0.2) is 0 Å². The van der Waals surface area contributed by atoms with Crippen molar-refractivity contribution in [2.45, 2.75) is 19.4 Å². The van der Waals surface area contributed by atoms with Gasteiger partial charge in [0.2, 0.25) is 0 Å². The van der Waals surface area contributed by atoms with Crippen molar-refractivity contribution in [1.29, 1.82) is 0 Å². The third-order valence-corrected chi connectivity index (χ3v) is 4.53. The lowest BCUT2D eigenvalue weighted by Crippen LogP contribution is -2.39. The van der Waals surface area contributed by atoms with E-state index in [1.165, 1.54) is 0 Å². The van der Waals surface area contributed by atoms with Gasteiger partial charge in [0, 0.05) is 36.3 Å². The second kappa shape index (κ2) is 4.56. The first kappa shape index (κ1) is 12.0. The number of hydrogen-bond acceptors (Lipinski definition) is 2. The number of benzene rings is 1. The smallest absolute Gasteiger partial charge is 0.254 e. The summed E-state index contributed by atoms with van der Waals surface area (Å²) in [6.07, 6.45) is 1.11. The molecular weight excluding hydrogens is 248 g/mol. The minimum atomic E-state index is 0.119. The molecule has 0 saturated carbocycles. The molecule has 0 bridgehead atoms. The van der Waals surface area contributed by atoms with Crippen LogP contribution in [0.2, 0.25) is 5.02 Å². The zero-order valence-electron chi connectivity index (χ0n) is 10.4. The van der Waals surface area contributed by atoms with Crippen LogP contribution in [0.15, 0.2) is 18.2 Å². The van der Waals surface area contributed by atoms with Crippen molar-refractivity contribution in [1.82, 2.24) is 10.2 Å². The van der Waals surface area contributed by atoms with E-state index in [0.29, 0.717) is 22.5 Å². The molecule has 3 rings (SSSR count). The Morgan fingerprint density at radius 3 is 3.06 bits per heavy atom. The molecule has 2 saturated heterocycles. The fraction of sp³-hybridized carbons (Fsp3) is 0.500. The normalized spacial score (nSPS) is 26.4. The molecule has 2 aliphatic rings. The van der Waals surface area contributed by atoms with Gasteiger partial charge in [-0.05, 0) is 37.0 Å². The van der Waals surface area contributed by atoms with Crippen LogP contribution in [0.5, 0.6) is 0 Å². The third kappa shape index (κ3) is 1.91. The highest BCUT2D eigenvalue weighted by molar-refractivity contribution is 6.31. The summed E-state index contributed by atoms with van der Waals surface area (Å²) in [4.78, 5) is 14.5. The second-order valence-electron chi connectivity index (χ2n) is 5.24. The van der Waals surface area contributed by atoms with Gasteiger partial charge in [-0.15, -0.1) is 0 Å². The summed E-state index contributed by atoms with van der Waals surface area (Å²) in [5.74, 6) is 0.753. The maximum atomic E-state index is 12.5. The topological polar surface area (TPSA) is 32.3 Å². The van der Waals surface area contributed by atoms with E-state index in [-0.39, 0.29) is 5.91 Å². The van der Waals surface area contributed by atoms with Gasteiger partial charge in [0.15, 0.2) is 0 Å². The quantitative estimate of drug-likeness (QED) is 0.842. The largest absolute Gasteiger partial charge is 0.334 e. The molecule has 0 aromatic heterocycles. The molecule has 1 aromatic rings. The number of nitrogens with zero attached hydrogens (tertiary/aromatic N) is 1. The number of halogens is 1. The van der Waals surface area contributed by atoms with Gasteiger partial charge in [-0.2, -0.15) is 0 Å². The molecule has 2 atom stereocenters. The van der Waals surface area contributed by atoms with Gasteiger partial charge in [0.05, 0.1) is 0 Å². The Balaban J connectivity index is 1.84. The monoisotopic (exact) mass is 264 g/mol. The molecule has 0 radical (unpaired) electrons. The fourth-order valence-electron chi connectivity index (χ4n) is 2.99. The lowest BCUT2D eigenvalue weighted by atomic mass is 10.0. The number of amides is 1. The Labute approximate surface area is 112 Å². The Morgan fingerprint density at radius 1 is 1.44 bits per heavy atom. The lowest BCUT2D eigenvalue weighted by molar-refractivity contribution is 0.0737. The standard InChI is InChI=1S/C14H17ClN2O/c1-9-2-3-10(6-12(9)15)14(18)17-5-4-11-7-16-8-13(11)17/h2-3,6,11,13,16H,4-5,7-8H2,1H3/t11-,13+/m0/s1. The van der Waals surface area contributed by atoms with Crippen molar-refractivity contribution in [3.63, 3.8) is 0 Å².